The van der Waals surface area contributed by atoms with Crippen molar-refractivity contribution in [2.24, 2.45) is 0 Å². The summed E-state index contributed by atoms with van der Waals surface area (Å²) in [4.78, 5) is 0. The second-order valence-electron chi connectivity index (χ2n) is 5.19. The molecular weight excluding hydrogens is 370 g/mol. The van der Waals surface area contributed by atoms with E-state index in [-0.39, 0.29) is 0 Å². The molecule has 0 aliphatic rings. The van der Waals surface area contributed by atoms with Gasteiger partial charge in [0.15, 0.2) is 11.5 Å². The standard InChI is InChI=1S/C19H24BrNO3/c1-4-23-18-11-14(10-16(20)19(18)24-5-2)12-21-13-15-8-6-7-9-17(15)22-3/h6-11,21H,4-5,12-13H2,1-3H3. The molecule has 0 bridgehead atoms. The van der Waals surface area contributed by atoms with E-state index in [0.29, 0.717) is 13.2 Å². The first-order valence-corrected chi connectivity index (χ1v) is 8.89. The van der Waals surface area contributed by atoms with E-state index >= 15 is 0 Å². The van der Waals surface area contributed by atoms with Crippen LogP contribution in [0.15, 0.2) is 40.9 Å². The minimum atomic E-state index is 0.601. The highest BCUT2D eigenvalue weighted by molar-refractivity contribution is 9.10. The second-order valence-corrected chi connectivity index (χ2v) is 6.04. The molecule has 0 amide bonds. The maximum atomic E-state index is 5.71. The Morgan fingerprint density at radius 3 is 2.42 bits per heavy atom. The van der Waals surface area contributed by atoms with E-state index < -0.39 is 0 Å². The minimum absolute atomic E-state index is 0.601. The van der Waals surface area contributed by atoms with Crippen molar-refractivity contribution in [3.05, 3.63) is 52.0 Å². The van der Waals surface area contributed by atoms with Gasteiger partial charge >= 0.3 is 0 Å². The molecule has 0 saturated heterocycles. The highest BCUT2D eigenvalue weighted by Gasteiger charge is 2.12. The molecule has 0 unspecified atom stereocenters. The van der Waals surface area contributed by atoms with Crippen LogP contribution in [-0.2, 0) is 13.1 Å². The van der Waals surface area contributed by atoms with Crippen LogP contribution in [0.5, 0.6) is 17.2 Å². The van der Waals surface area contributed by atoms with E-state index in [9.17, 15) is 0 Å². The van der Waals surface area contributed by atoms with Gasteiger partial charge in [-0.15, -0.1) is 0 Å². The fourth-order valence-electron chi connectivity index (χ4n) is 2.46. The lowest BCUT2D eigenvalue weighted by molar-refractivity contribution is 0.286. The van der Waals surface area contributed by atoms with Crippen molar-refractivity contribution in [2.75, 3.05) is 20.3 Å². The lowest BCUT2D eigenvalue weighted by Crippen LogP contribution is -2.13. The predicted molar refractivity (Wildman–Crippen MR) is 100 cm³/mol. The molecule has 2 aromatic rings. The minimum Gasteiger partial charge on any atom is -0.496 e. The van der Waals surface area contributed by atoms with Crippen LogP contribution in [0.4, 0.5) is 0 Å². The molecule has 5 heteroatoms. The summed E-state index contributed by atoms with van der Waals surface area (Å²) < 4.78 is 17.7. The van der Waals surface area contributed by atoms with Gasteiger partial charge in [-0.1, -0.05) is 18.2 Å². The van der Waals surface area contributed by atoms with Crippen LogP contribution in [0.3, 0.4) is 0 Å². The summed E-state index contributed by atoms with van der Waals surface area (Å²) in [5, 5.41) is 3.44. The largest absolute Gasteiger partial charge is 0.496 e. The van der Waals surface area contributed by atoms with E-state index in [2.05, 4.69) is 33.4 Å². The summed E-state index contributed by atoms with van der Waals surface area (Å²) in [7, 11) is 1.69. The topological polar surface area (TPSA) is 39.7 Å². The van der Waals surface area contributed by atoms with Crippen molar-refractivity contribution in [2.45, 2.75) is 26.9 Å². The maximum Gasteiger partial charge on any atom is 0.175 e. The molecule has 4 nitrogen and oxygen atoms in total. The Labute approximate surface area is 152 Å². The predicted octanol–water partition coefficient (Wildman–Crippen LogP) is 4.54. The van der Waals surface area contributed by atoms with Crippen molar-refractivity contribution in [3.8, 4) is 17.2 Å². The molecule has 2 aromatic carbocycles. The number of ether oxygens (including phenoxy) is 3. The fraction of sp³-hybridized carbons (Fsp3) is 0.368. The summed E-state index contributed by atoms with van der Waals surface area (Å²) in [6.07, 6.45) is 0. The zero-order valence-corrected chi connectivity index (χ0v) is 16.0. The molecule has 0 fully saturated rings. The van der Waals surface area contributed by atoms with Crippen molar-refractivity contribution in [3.63, 3.8) is 0 Å². The lowest BCUT2D eigenvalue weighted by Gasteiger charge is -2.15. The first-order valence-electron chi connectivity index (χ1n) is 8.10. The molecule has 24 heavy (non-hydrogen) atoms. The Hall–Kier alpha value is -1.72. The Morgan fingerprint density at radius 1 is 0.958 bits per heavy atom. The van der Waals surface area contributed by atoms with E-state index in [4.69, 9.17) is 14.2 Å². The fourth-order valence-corrected chi connectivity index (χ4v) is 3.07. The third kappa shape index (κ3) is 4.89. The first-order chi connectivity index (χ1) is 11.7. The van der Waals surface area contributed by atoms with Crippen LogP contribution >= 0.6 is 15.9 Å². The van der Waals surface area contributed by atoms with Gasteiger partial charge in [0.1, 0.15) is 5.75 Å². The molecule has 1 N–H and O–H groups in total. The van der Waals surface area contributed by atoms with Crippen molar-refractivity contribution >= 4 is 15.9 Å². The molecule has 2 rings (SSSR count). The lowest BCUT2D eigenvalue weighted by atomic mass is 10.1. The third-order valence-electron chi connectivity index (χ3n) is 3.49. The molecule has 0 radical (unpaired) electrons. The molecular formula is C19H24BrNO3. The first kappa shape index (κ1) is 18.6. The van der Waals surface area contributed by atoms with E-state index in [1.807, 2.05) is 38.1 Å². The second kappa shape index (κ2) is 9.55. The van der Waals surface area contributed by atoms with Gasteiger partial charge in [-0.2, -0.15) is 0 Å². The van der Waals surface area contributed by atoms with Crippen LogP contribution < -0.4 is 19.5 Å². The normalized spacial score (nSPS) is 10.5. The molecule has 0 aliphatic heterocycles. The van der Waals surface area contributed by atoms with E-state index in [1.54, 1.807) is 7.11 Å². The number of halogens is 1. The monoisotopic (exact) mass is 393 g/mol. The highest BCUT2D eigenvalue weighted by atomic mass is 79.9. The number of hydrogen-bond donors (Lipinski definition) is 1. The van der Waals surface area contributed by atoms with Gasteiger partial charge in [0.05, 0.1) is 24.8 Å². The Kier molecular flexibility index (Phi) is 7.40. The summed E-state index contributed by atoms with van der Waals surface area (Å²) in [5.74, 6) is 2.42. The molecule has 0 aromatic heterocycles. The van der Waals surface area contributed by atoms with Crippen LogP contribution in [-0.4, -0.2) is 20.3 Å². The molecule has 0 heterocycles. The van der Waals surface area contributed by atoms with E-state index in [1.165, 1.54) is 0 Å². The van der Waals surface area contributed by atoms with Crippen molar-refractivity contribution in [1.29, 1.82) is 0 Å². The molecule has 130 valence electrons. The molecule has 0 aliphatic carbocycles. The summed E-state index contributed by atoms with van der Waals surface area (Å²) in [6.45, 7) is 6.59. The van der Waals surface area contributed by atoms with Gasteiger partial charge < -0.3 is 19.5 Å². The van der Waals surface area contributed by atoms with Crippen LogP contribution in [0.2, 0.25) is 0 Å². The van der Waals surface area contributed by atoms with Crippen LogP contribution in [0.1, 0.15) is 25.0 Å². The molecule has 0 spiro atoms. The zero-order valence-electron chi connectivity index (χ0n) is 14.4. The average molecular weight is 394 g/mol. The Balaban J connectivity index is 2.06. The Morgan fingerprint density at radius 2 is 1.71 bits per heavy atom. The van der Waals surface area contributed by atoms with Crippen molar-refractivity contribution in [1.82, 2.24) is 5.32 Å². The zero-order chi connectivity index (χ0) is 17.4. The smallest absolute Gasteiger partial charge is 0.175 e. The van der Waals surface area contributed by atoms with Gasteiger partial charge in [-0.25, -0.2) is 0 Å². The molecule has 0 saturated carbocycles. The average Bonchev–Trinajstić information content (AvgIpc) is 2.58. The van der Waals surface area contributed by atoms with Gasteiger partial charge in [-0.05, 0) is 53.5 Å². The van der Waals surface area contributed by atoms with Gasteiger partial charge in [0, 0.05) is 18.7 Å². The number of benzene rings is 2. The summed E-state index contributed by atoms with van der Waals surface area (Å²) in [5.41, 5.74) is 2.26. The number of rotatable bonds is 9. The SMILES string of the molecule is CCOc1cc(CNCc2ccccc2OC)cc(Br)c1OCC. The summed E-state index contributed by atoms with van der Waals surface area (Å²) in [6, 6.07) is 12.1. The van der Waals surface area contributed by atoms with Crippen LogP contribution in [0.25, 0.3) is 0 Å². The Bertz CT molecular complexity index is 661. The summed E-state index contributed by atoms with van der Waals surface area (Å²) >= 11 is 3.58. The van der Waals surface area contributed by atoms with Gasteiger partial charge in [-0.3, -0.25) is 0 Å². The quantitative estimate of drug-likeness (QED) is 0.678. The number of para-hydroxylation sites is 1. The maximum absolute atomic E-state index is 5.71. The highest BCUT2D eigenvalue weighted by Crippen LogP contribution is 2.37. The van der Waals surface area contributed by atoms with E-state index in [0.717, 1.165) is 45.9 Å². The number of methoxy groups -OCH3 is 1. The third-order valence-corrected chi connectivity index (χ3v) is 4.08. The van der Waals surface area contributed by atoms with Crippen molar-refractivity contribution < 1.29 is 14.2 Å². The van der Waals surface area contributed by atoms with Crippen LogP contribution in [0, 0.1) is 0 Å². The molecule has 0 atom stereocenters. The van der Waals surface area contributed by atoms with Gasteiger partial charge in [0.2, 0.25) is 0 Å². The number of hydrogen-bond acceptors (Lipinski definition) is 4. The number of nitrogens with one attached hydrogen (secondary N) is 1. The van der Waals surface area contributed by atoms with Gasteiger partial charge in [0.25, 0.3) is 0 Å².